The number of hydrogen-bond donors (Lipinski definition) is 2. The van der Waals surface area contributed by atoms with Crippen molar-refractivity contribution in [2.45, 2.75) is 97.1 Å². The summed E-state index contributed by atoms with van der Waals surface area (Å²) in [4.78, 5) is 70.4. The van der Waals surface area contributed by atoms with Crippen molar-refractivity contribution in [2.24, 2.45) is 0 Å². The first-order valence-electron chi connectivity index (χ1n) is 17.3. The molecule has 1 amide bonds. The van der Waals surface area contributed by atoms with Gasteiger partial charge in [-0.3, -0.25) is 19.4 Å². The van der Waals surface area contributed by atoms with Crippen LogP contribution in [0.25, 0.3) is 0 Å². The maximum absolute atomic E-state index is 14.1. The number of benzene rings is 1. The van der Waals surface area contributed by atoms with Crippen molar-refractivity contribution >= 4 is 29.6 Å². The van der Waals surface area contributed by atoms with Crippen LogP contribution >= 0.6 is 0 Å². The molecule has 0 aromatic heterocycles. The standard InChI is InChI=1S/C38H46N4O11/c1-11-17(2)36(47)51-16-25-27-21(33(19(4)35(50-10)31(27)45)52-26(43)15-40-37(48)53-38(5,6)7)13-23-29-28-20(30(44)18(3)34(49-9)32(28)46)12-22(41(29)8)24(14-39)42(23)25/h11,22-25,29,45H,12-13,15-16H2,1-10H3,(H,40,48)/b17-11-/t22-,23+,24+,25+,29+/m1/s1. The third-order valence-corrected chi connectivity index (χ3v) is 10.4. The number of phenols is 1. The molecule has 1 aromatic rings. The largest absolute Gasteiger partial charge is 0.504 e. The number of esters is 2. The number of nitrogens with one attached hydrogen (secondary N) is 1. The lowest BCUT2D eigenvalue weighted by Gasteiger charge is -2.60. The molecule has 0 spiro atoms. The maximum atomic E-state index is 14.1. The van der Waals surface area contributed by atoms with Crippen LogP contribution in [0.4, 0.5) is 4.79 Å². The van der Waals surface area contributed by atoms with Crippen molar-refractivity contribution < 1.29 is 52.8 Å². The van der Waals surface area contributed by atoms with Crippen LogP contribution in [0.15, 0.2) is 34.1 Å². The highest BCUT2D eigenvalue weighted by Gasteiger charge is 2.59. The van der Waals surface area contributed by atoms with E-state index in [1.54, 1.807) is 54.7 Å². The molecule has 3 aliphatic heterocycles. The molecule has 5 atom stereocenters. The Morgan fingerprint density at radius 2 is 1.74 bits per heavy atom. The predicted octanol–water partition coefficient (Wildman–Crippen LogP) is 3.26. The highest BCUT2D eigenvalue weighted by Crippen LogP contribution is 2.55. The molecule has 1 fully saturated rings. The van der Waals surface area contributed by atoms with Crippen LogP contribution in [-0.4, -0.2) is 109 Å². The number of piperazine rings is 1. The summed E-state index contributed by atoms with van der Waals surface area (Å²) in [6.07, 6.45) is 0.863. The second-order valence-corrected chi connectivity index (χ2v) is 14.5. The van der Waals surface area contributed by atoms with Gasteiger partial charge in [-0.1, -0.05) is 6.08 Å². The fourth-order valence-electron chi connectivity index (χ4n) is 7.93. The summed E-state index contributed by atoms with van der Waals surface area (Å²) in [7, 11) is 4.45. The van der Waals surface area contributed by atoms with E-state index >= 15 is 0 Å². The zero-order valence-corrected chi connectivity index (χ0v) is 31.7. The number of carbonyl (C=O) groups excluding carboxylic acids is 5. The number of allylic oxidation sites excluding steroid dienone is 3. The van der Waals surface area contributed by atoms with E-state index in [9.17, 15) is 34.3 Å². The summed E-state index contributed by atoms with van der Waals surface area (Å²) in [5.74, 6) is -2.64. The van der Waals surface area contributed by atoms with Crippen LogP contribution in [0.5, 0.6) is 17.2 Å². The van der Waals surface area contributed by atoms with Crippen molar-refractivity contribution in [1.29, 1.82) is 5.26 Å². The zero-order chi connectivity index (χ0) is 39.3. The number of ketones is 2. The number of likely N-dealkylation sites (N-methyl/N-ethyl adjacent to an activating group) is 1. The molecule has 15 heteroatoms. The molecule has 3 heterocycles. The molecule has 0 saturated carbocycles. The lowest BCUT2D eigenvalue weighted by Crippen LogP contribution is -2.72. The molecule has 2 bridgehead atoms. The number of nitriles is 1. The number of amides is 1. The van der Waals surface area contributed by atoms with Crippen LogP contribution in [0.3, 0.4) is 0 Å². The van der Waals surface area contributed by atoms with E-state index in [1.807, 2.05) is 9.80 Å². The Balaban J connectivity index is 1.70. The van der Waals surface area contributed by atoms with Crippen molar-refractivity contribution in [3.8, 4) is 23.3 Å². The smallest absolute Gasteiger partial charge is 0.408 e. The minimum atomic E-state index is -1.01. The number of carbonyl (C=O) groups is 5. The molecule has 1 saturated heterocycles. The van der Waals surface area contributed by atoms with Gasteiger partial charge in [0.05, 0.1) is 32.4 Å². The first-order valence-corrected chi connectivity index (χ1v) is 17.3. The minimum absolute atomic E-state index is 0.0113. The van der Waals surface area contributed by atoms with E-state index in [2.05, 4.69) is 11.4 Å². The summed E-state index contributed by atoms with van der Waals surface area (Å²) in [5, 5.41) is 25.1. The minimum Gasteiger partial charge on any atom is -0.504 e. The van der Waals surface area contributed by atoms with Gasteiger partial charge in [0.15, 0.2) is 23.0 Å². The Morgan fingerprint density at radius 3 is 2.32 bits per heavy atom. The van der Waals surface area contributed by atoms with Crippen LogP contribution in [0.1, 0.15) is 70.7 Å². The second kappa shape index (κ2) is 14.7. The molecule has 4 aliphatic rings. The lowest BCUT2D eigenvalue weighted by molar-refractivity contribution is -0.144. The number of nitrogens with zero attached hydrogens (tertiary/aromatic N) is 3. The topological polar surface area (TPSA) is 194 Å². The number of rotatable bonds is 8. The second-order valence-electron chi connectivity index (χ2n) is 14.5. The third kappa shape index (κ3) is 6.77. The van der Waals surface area contributed by atoms with Crippen LogP contribution in [0.2, 0.25) is 0 Å². The van der Waals surface area contributed by atoms with Crippen molar-refractivity contribution in [2.75, 3.05) is 34.4 Å². The number of aromatic hydroxyl groups is 1. The molecule has 0 radical (unpaired) electrons. The van der Waals surface area contributed by atoms with E-state index in [1.165, 1.54) is 21.1 Å². The molecule has 15 nitrogen and oxygen atoms in total. The molecule has 2 N–H and O–H groups in total. The highest BCUT2D eigenvalue weighted by molar-refractivity contribution is 6.25. The molecule has 1 aromatic carbocycles. The predicted molar refractivity (Wildman–Crippen MR) is 188 cm³/mol. The fourth-order valence-corrected chi connectivity index (χ4v) is 7.93. The van der Waals surface area contributed by atoms with E-state index in [4.69, 9.17) is 23.7 Å². The number of ether oxygens (including phenoxy) is 5. The summed E-state index contributed by atoms with van der Waals surface area (Å²) in [6.45, 7) is 10.5. The van der Waals surface area contributed by atoms with Crippen molar-refractivity contribution in [1.82, 2.24) is 15.1 Å². The first-order chi connectivity index (χ1) is 24.9. The van der Waals surface area contributed by atoms with Gasteiger partial charge in [-0.05, 0) is 68.4 Å². The van der Waals surface area contributed by atoms with Gasteiger partial charge in [0, 0.05) is 51.1 Å². The monoisotopic (exact) mass is 734 g/mol. The van der Waals surface area contributed by atoms with Crippen molar-refractivity contribution in [3.63, 3.8) is 0 Å². The summed E-state index contributed by atoms with van der Waals surface area (Å²) in [6, 6.07) is -1.62. The maximum Gasteiger partial charge on any atom is 0.408 e. The van der Waals surface area contributed by atoms with Gasteiger partial charge in [0.1, 0.15) is 30.5 Å². The van der Waals surface area contributed by atoms with E-state index in [0.717, 1.165) is 0 Å². The Morgan fingerprint density at radius 1 is 1.06 bits per heavy atom. The summed E-state index contributed by atoms with van der Waals surface area (Å²) in [5.41, 5.74) is 1.05. The highest BCUT2D eigenvalue weighted by atomic mass is 16.6. The molecular formula is C38H46N4O11. The Kier molecular flexibility index (Phi) is 10.8. The number of alkyl carbamates (subject to hydrolysis) is 1. The SMILES string of the molecule is C/C=C(/C)C(=O)OC[C@H]1c2c(O)c(OC)c(C)c(OC(=O)CNC(=O)OC(C)(C)C)c2C[C@H]2[C@H]3C4=C(C[C@H]([C@H](C#N)N12)N3C)C(=O)C(C)=C(OC)C4=O. The molecular weight excluding hydrogens is 688 g/mol. The fraction of sp³-hybridized carbons (Fsp3) is 0.526. The van der Waals surface area contributed by atoms with Gasteiger partial charge in [-0.2, -0.15) is 5.26 Å². The van der Waals surface area contributed by atoms with E-state index < -0.39 is 66.2 Å². The molecule has 1 aliphatic carbocycles. The lowest BCUT2D eigenvalue weighted by atomic mass is 9.69. The van der Waals surface area contributed by atoms with Crippen LogP contribution in [-0.2, 0) is 39.8 Å². The average molecular weight is 735 g/mol. The van der Waals surface area contributed by atoms with Gasteiger partial charge >= 0.3 is 18.0 Å². The van der Waals surface area contributed by atoms with Crippen LogP contribution in [0, 0.1) is 18.3 Å². The Bertz CT molecular complexity index is 1910. The van der Waals surface area contributed by atoms with Gasteiger partial charge in [0.2, 0.25) is 5.78 Å². The van der Waals surface area contributed by atoms with Gasteiger partial charge < -0.3 is 34.1 Å². The summed E-state index contributed by atoms with van der Waals surface area (Å²) >= 11 is 0. The number of fused-ring (bicyclic) bond motifs is 6. The molecule has 284 valence electrons. The first kappa shape index (κ1) is 39.0. The zero-order valence-electron chi connectivity index (χ0n) is 31.7. The van der Waals surface area contributed by atoms with Gasteiger partial charge in [-0.15, -0.1) is 0 Å². The Hall–Kier alpha value is -5.20. The van der Waals surface area contributed by atoms with Crippen molar-refractivity contribution in [3.05, 3.63) is 50.8 Å². The summed E-state index contributed by atoms with van der Waals surface area (Å²) < 4.78 is 28.0. The van der Waals surface area contributed by atoms with E-state index in [0.29, 0.717) is 16.7 Å². The van der Waals surface area contributed by atoms with E-state index in [-0.39, 0.29) is 70.5 Å². The Labute approximate surface area is 308 Å². The van der Waals surface area contributed by atoms with Gasteiger partial charge in [-0.25, -0.2) is 14.4 Å². The molecule has 53 heavy (non-hydrogen) atoms. The third-order valence-electron chi connectivity index (χ3n) is 10.4. The number of Topliss-reactive ketones (excluding diaryl/α,β-unsaturated/α-hetero) is 2. The van der Waals surface area contributed by atoms with Crippen LogP contribution < -0.4 is 14.8 Å². The number of methoxy groups -OCH3 is 2. The molecule has 5 rings (SSSR count). The van der Waals surface area contributed by atoms with Gasteiger partial charge in [0.25, 0.3) is 0 Å². The average Bonchev–Trinajstić information content (AvgIpc) is 3.09. The number of phenolic OH excluding ortho intramolecular Hbond substituents is 1. The number of hydrogen-bond acceptors (Lipinski definition) is 14. The quantitative estimate of drug-likeness (QED) is 0.171. The molecule has 0 unspecified atom stereocenters. The normalized spacial score (nSPS) is 24.4.